The van der Waals surface area contributed by atoms with Crippen molar-refractivity contribution in [3.63, 3.8) is 0 Å². The molecule has 0 saturated heterocycles. The minimum Gasteiger partial charge on any atom is -0.389 e. The smallest absolute Gasteiger partial charge is 0.0761 e. The molecule has 2 heteroatoms. The lowest BCUT2D eigenvalue weighted by Crippen LogP contribution is -2.10. The van der Waals surface area contributed by atoms with E-state index in [1.165, 1.54) is 11.3 Å². The molecule has 0 fully saturated rings. The normalized spacial score (nSPS) is 12.2. The van der Waals surface area contributed by atoms with Crippen LogP contribution < -0.4 is 4.90 Å². The average molecular weight is 241 g/mol. The van der Waals surface area contributed by atoms with Crippen molar-refractivity contribution in [2.45, 2.75) is 20.0 Å². The molecule has 2 nitrogen and oxygen atoms in total. The molecular weight excluding hydrogens is 222 g/mol. The first-order valence-corrected chi connectivity index (χ1v) is 6.17. The zero-order valence-corrected chi connectivity index (χ0v) is 11.1. The number of aliphatic hydroxyl groups excluding tert-OH is 1. The van der Waals surface area contributed by atoms with E-state index < -0.39 is 6.10 Å². The molecule has 18 heavy (non-hydrogen) atoms. The number of aryl methyl sites for hydroxylation is 1. The molecule has 2 aromatic carbocycles. The third kappa shape index (κ3) is 2.54. The summed E-state index contributed by atoms with van der Waals surface area (Å²) in [6.45, 7) is 3.88. The Morgan fingerprint density at radius 3 is 2.17 bits per heavy atom. The third-order valence-corrected chi connectivity index (χ3v) is 3.24. The van der Waals surface area contributed by atoms with Crippen molar-refractivity contribution in [3.8, 4) is 0 Å². The van der Waals surface area contributed by atoms with Crippen LogP contribution in [0.1, 0.15) is 24.2 Å². The van der Waals surface area contributed by atoms with Crippen LogP contribution in [0.25, 0.3) is 0 Å². The third-order valence-electron chi connectivity index (χ3n) is 3.24. The zero-order valence-electron chi connectivity index (χ0n) is 11.1. The van der Waals surface area contributed by atoms with Crippen LogP contribution in [0.5, 0.6) is 0 Å². The SMILES string of the molecule is Cc1ccccc1N(C)c1ccc(C(C)O)cc1. The number of anilines is 2. The Balaban J connectivity index is 2.29. The van der Waals surface area contributed by atoms with Gasteiger partial charge in [-0.3, -0.25) is 0 Å². The molecule has 2 aromatic rings. The number of para-hydroxylation sites is 1. The quantitative estimate of drug-likeness (QED) is 0.883. The molecule has 0 spiro atoms. The minimum atomic E-state index is -0.414. The second kappa shape index (κ2) is 5.23. The lowest BCUT2D eigenvalue weighted by atomic mass is 10.1. The zero-order chi connectivity index (χ0) is 13.1. The molecule has 2 rings (SSSR count). The molecule has 0 radical (unpaired) electrons. The van der Waals surface area contributed by atoms with Gasteiger partial charge in [0, 0.05) is 18.4 Å². The Labute approximate surface area is 109 Å². The number of rotatable bonds is 3. The molecule has 0 heterocycles. The fraction of sp³-hybridized carbons (Fsp3) is 0.250. The first-order chi connectivity index (χ1) is 8.59. The highest BCUT2D eigenvalue weighted by Gasteiger charge is 2.07. The molecule has 0 bridgehead atoms. The van der Waals surface area contributed by atoms with Gasteiger partial charge in [-0.1, -0.05) is 30.3 Å². The largest absolute Gasteiger partial charge is 0.389 e. The molecule has 0 aliphatic rings. The van der Waals surface area contributed by atoms with Gasteiger partial charge in [0.15, 0.2) is 0 Å². The van der Waals surface area contributed by atoms with Crippen LogP contribution in [0.3, 0.4) is 0 Å². The maximum Gasteiger partial charge on any atom is 0.0761 e. The van der Waals surface area contributed by atoms with E-state index in [9.17, 15) is 5.11 Å². The van der Waals surface area contributed by atoms with Gasteiger partial charge < -0.3 is 10.0 Å². The van der Waals surface area contributed by atoms with E-state index in [2.05, 4.69) is 31.0 Å². The summed E-state index contributed by atoms with van der Waals surface area (Å²) in [6.07, 6.45) is -0.414. The predicted octanol–water partition coefficient (Wildman–Crippen LogP) is 3.82. The highest BCUT2D eigenvalue weighted by molar-refractivity contribution is 5.65. The highest BCUT2D eigenvalue weighted by atomic mass is 16.3. The van der Waals surface area contributed by atoms with Gasteiger partial charge >= 0.3 is 0 Å². The van der Waals surface area contributed by atoms with Gasteiger partial charge in [0.2, 0.25) is 0 Å². The summed E-state index contributed by atoms with van der Waals surface area (Å²) >= 11 is 0. The lowest BCUT2D eigenvalue weighted by molar-refractivity contribution is 0.199. The Kier molecular flexibility index (Phi) is 3.68. The van der Waals surface area contributed by atoms with Crippen LogP contribution in [-0.2, 0) is 0 Å². The number of hydrogen-bond donors (Lipinski definition) is 1. The van der Waals surface area contributed by atoms with Gasteiger partial charge in [-0.2, -0.15) is 0 Å². The first kappa shape index (κ1) is 12.7. The van der Waals surface area contributed by atoms with Gasteiger partial charge in [0.1, 0.15) is 0 Å². The molecule has 1 N–H and O–H groups in total. The molecule has 1 atom stereocenters. The molecule has 0 aliphatic carbocycles. The minimum absolute atomic E-state index is 0.414. The monoisotopic (exact) mass is 241 g/mol. The van der Waals surface area contributed by atoms with Crippen LogP contribution in [-0.4, -0.2) is 12.2 Å². The van der Waals surface area contributed by atoms with Crippen molar-refractivity contribution in [1.82, 2.24) is 0 Å². The fourth-order valence-corrected chi connectivity index (χ4v) is 2.06. The van der Waals surface area contributed by atoms with Crippen molar-refractivity contribution < 1.29 is 5.11 Å². The second-order valence-corrected chi connectivity index (χ2v) is 4.61. The van der Waals surface area contributed by atoms with Crippen molar-refractivity contribution in [1.29, 1.82) is 0 Å². The van der Waals surface area contributed by atoms with Gasteiger partial charge in [0.25, 0.3) is 0 Å². The predicted molar refractivity (Wildman–Crippen MR) is 76.3 cm³/mol. The number of nitrogens with zero attached hydrogens (tertiary/aromatic N) is 1. The summed E-state index contributed by atoms with van der Waals surface area (Å²) in [5, 5.41) is 9.50. The number of aliphatic hydroxyl groups is 1. The average Bonchev–Trinajstić information content (AvgIpc) is 2.38. The standard InChI is InChI=1S/C16H19NO/c1-12-6-4-5-7-16(12)17(3)15-10-8-14(9-11-15)13(2)18/h4-11,13,18H,1-3H3. The van der Waals surface area contributed by atoms with E-state index in [0.717, 1.165) is 11.3 Å². The van der Waals surface area contributed by atoms with Gasteiger partial charge in [-0.25, -0.2) is 0 Å². The fourth-order valence-electron chi connectivity index (χ4n) is 2.06. The molecule has 0 aromatic heterocycles. The van der Waals surface area contributed by atoms with Crippen LogP contribution in [0, 0.1) is 6.92 Å². The maximum atomic E-state index is 9.50. The first-order valence-electron chi connectivity index (χ1n) is 6.17. The summed E-state index contributed by atoms with van der Waals surface area (Å²) < 4.78 is 0. The summed E-state index contributed by atoms with van der Waals surface area (Å²) in [4.78, 5) is 2.15. The number of benzene rings is 2. The summed E-state index contributed by atoms with van der Waals surface area (Å²) in [5.74, 6) is 0. The van der Waals surface area contributed by atoms with Crippen molar-refractivity contribution in [2.75, 3.05) is 11.9 Å². The summed E-state index contributed by atoms with van der Waals surface area (Å²) in [7, 11) is 2.06. The molecule has 0 saturated carbocycles. The van der Waals surface area contributed by atoms with E-state index in [-0.39, 0.29) is 0 Å². The molecule has 94 valence electrons. The van der Waals surface area contributed by atoms with Gasteiger partial charge in [0.05, 0.1) is 6.10 Å². The van der Waals surface area contributed by atoms with Crippen LogP contribution in [0.2, 0.25) is 0 Å². The van der Waals surface area contributed by atoms with E-state index in [1.807, 2.05) is 36.4 Å². The molecule has 1 unspecified atom stereocenters. The van der Waals surface area contributed by atoms with Crippen molar-refractivity contribution >= 4 is 11.4 Å². The Hall–Kier alpha value is -1.80. The van der Waals surface area contributed by atoms with Crippen molar-refractivity contribution in [2.24, 2.45) is 0 Å². The Bertz CT molecular complexity index is 517. The second-order valence-electron chi connectivity index (χ2n) is 4.61. The number of hydrogen-bond acceptors (Lipinski definition) is 2. The Morgan fingerprint density at radius 1 is 1.00 bits per heavy atom. The molecule has 0 aliphatic heterocycles. The van der Waals surface area contributed by atoms with Crippen LogP contribution in [0.4, 0.5) is 11.4 Å². The summed E-state index contributed by atoms with van der Waals surface area (Å²) in [6, 6.07) is 16.3. The van der Waals surface area contributed by atoms with E-state index in [4.69, 9.17) is 0 Å². The Morgan fingerprint density at radius 2 is 1.61 bits per heavy atom. The van der Waals surface area contributed by atoms with Crippen LogP contribution in [0.15, 0.2) is 48.5 Å². The topological polar surface area (TPSA) is 23.5 Å². The van der Waals surface area contributed by atoms with Gasteiger partial charge in [-0.05, 0) is 43.2 Å². The van der Waals surface area contributed by atoms with Crippen molar-refractivity contribution in [3.05, 3.63) is 59.7 Å². The van der Waals surface area contributed by atoms with Gasteiger partial charge in [-0.15, -0.1) is 0 Å². The highest BCUT2D eigenvalue weighted by Crippen LogP contribution is 2.27. The lowest BCUT2D eigenvalue weighted by Gasteiger charge is -2.22. The van der Waals surface area contributed by atoms with E-state index in [0.29, 0.717) is 0 Å². The summed E-state index contributed by atoms with van der Waals surface area (Å²) in [5.41, 5.74) is 4.51. The maximum absolute atomic E-state index is 9.50. The van der Waals surface area contributed by atoms with Crippen LogP contribution >= 0.6 is 0 Å². The van der Waals surface area contributed by atoms with E-state index >= 15 is 0 Å². The molecular formula is C16H19NO. The van der Waals surface area contributed by atoms with E-state index in [1.54, 1.807) is 6.92 Å². The molecule has 0 amide bonds.